The van der Waals surface area contributed by atoms with E-state index in [0.29, 0.717) is 5.13 Å². The van der Waals surface area contributed by atoms with Crippen LogP contribution in [0.2, 0.25) is 0 Å². The zero-order chi connectivity index (χ0) is 6.97. The Balaban J connectivity index is 0.000000605. The van der Waals surface area contributed by atoms with E-state index in [4.69, 9.17) is 5.73 Å². The first-order chi connectivity index (χ1) is 4.86. The minimum absolute atomic E-state index is 0. The Kier molecular flexibility index (Phi) is 2.41. The second-order valence-corrected chi connectivity index (χ2v) is 2.94. The van der Waals surface area contributed by atoms with Crippen LogP contribution in [-0.4, -0.2) is 9.97 Å². The number of nitrogen functional groups attached to an aromatic ring is 1. The van der Waals surface area contributed by atoms with Crippen molar-refractivity contribution in [3.63, 3.8) is 0 Å². The summed E-state index contributed by atoms with van der Waals surface area (Å²) in [6, 6.07) is 3.83. The number of aromatic nitrogens is 2. The lowest BCUT2D eigenvalue weighted by Crippen LogP contribution is -1.80. The normalized spacial score (nSPS) is 9.45. The van der Waals surface area contributed by atoms with E-state index in [-0.39, 0.29) is 17.0 Å². The first-order valence-electron chi connectivity index (χ1n) is 2.83. The van der Waals surface area contributed by atoms with Gasteiger partial charge in [-0.25, -0.2) is 9.97 Å². The predicted octanol–water partition coefficient (Wildman–Crippen LogP) is 1.85. The Hall–Kier alpha value is -0.680. The molecule has 2 aromatic rings. The number of halogens is 1. The van der Waals surface area contributed by atoms with Crippen molar-refractivity contribution in [2.24, 2.45) is 0 Å². The SMILES string of the molecule is Br.Nc1nc2ncccc2s1. The molecule has 0 amide bonds. The molecule has 2 N–H and O–H groups in total. The van der Waals surface area contributed by atoms with Gasteiger partial charge in [-0.15, -0.1) is 17.0 Å². The van der Waals surface area contributed by atoms with Gasteiger partial charge in [-0.3, -0.25) is 0 Å². The summed E-state index contributed by atoms with van der Waals surface area (Å²) in [7, 11) is 0. The van der Waals surface area contributed by atoms with Gasteiger partial charge in [-0.05, 0) is 12.1 Å². The molecule has 0 unspecified atom stereocenters. The van der Waals surface area contributed by atoms with Gasteiger partial charge in [-0.2, -0.15) is 0 Å². The largest absolute Gasteiger partial charge is 0.375 e. The molecule has 0 aliphatic heterocycles. The maximum atomic E-state index is 5.46. The highest BCUT2D eigenvalue weighted by Crippen LogP contribution is 2.20. The van der Waals surface area contributed by atoms with Crippen LogP contribution in [0.15, 0.2) is 18.3 Å². The maximum Gasteiger partial charge on any atom is 0.182 e. The maximum absolute atomic E-state index is 5.46. The second kappa shape index (κ2) is 3.15. The third-order valence-corrected chi connectivity index (χ3v) is 2.02. The standard InChI is InChI=1S/C6H5N3S.BrH/c7-6-9-5-4(10-6)2-1-3-8-5;/h1-3H,(H2,7,8,9);1H. The highest BCUT2D eigenvalue weighted by Gasteiger charge is 1.97. The number of rotatable bonds is 0. The third kappa shape index (κ3) is 1.49. The summed E-state index contributed by atoms with van der Waals surface area (Å²) in [5, 5.41) is 0.578. The Morgan fingerprint density at radius 1 is 1.45 bits per heavy atom. The molecule has 2 rings (SSSR count). The lowest BCUT2D eigenvalue weighted by molar-refractivity contribution is 1.33. The molecule has 2 heterocycles. The van der Waals surface area contributed by atoms with Gasteiger partial charge in [-0.1, -0.05) is 11.3 Å². The molecule has 58 valence electrons. The number of nitrogens with two attached hydrogens (primary N) is 1. The van der Waals surface area contributed by atoms with Gasteiger partial charge in [0.15, 0.2) is 10.8 Å². The molecule has 3 nitrogen and oxygen atoms in total. The molecular weight excluding hydrogens is 226 g/mol. The highest BCUT2D eigenvalue weighted by molar-refractivity contribution is 8.93. The zero-order valence-corrected chi connectivity index (χ0v) is 8.05. The average Bonchev–Trinajstić information content (AvgIpc) is 2.27. The van der Waals surface area contributed by atoms with Crippen LogP contribution in [0.3, 0.4) is 0 Å². The number of anilines is 1. The van der Waals surface area contributed by atoms with Gasteiger partial charge >= 0.3 is 0 Å². The van der Waals surface area contributed by atoms with Crippen LogP contribution >= 0.6 is 28.3 Å². The molecular formula is C6H6BrN3S. The first kappa shape index (κ1) is 8.42. The van der Waals surface area contributed by atoms with Crippen LogP contribution in [0, 0.1) is 0 Å². The van der Waals surface area contributed by atoms with E-state index in [1.807, 2.05) is 12.1 Å². The fourth-order valence-electron chi connectivity index (χ4n) is 0.786. The summed E-state index contributed by atoms with van der Waals surface area (Å²) in [6.45, 7) is 0. The van der Waals surface area contributed by atoms with Crippen molar-refractivity contribution >= 4 is 43.8 Å². The number of hydrogen-bond acceptors (Lipinski definition) is 4. The summed E-state index contributed by atoms with van der Waals surface area (Å²) in [4.78, 5) is 8.02. The van der Waals surface area contributed by atoms with Gasteiger partial charge in [0.2, 0.25) is 0 Å². The van der Waals surface area contributed by atoms with Crippen LogP contribution in [0.5, 0.6) is 0 Å². The fraction of sp³-hybridized carbons (Fsp3) is 0. The number of hydrogen-bond donors (Lipinski definition) is 1. The molecule has 2 aromatic heterocycles. The minimum atomic E-state index is 0. The monoisotopic (exact) mass is 231 g/mol. The summed E-state index contributed by atoms with van der Waals surface area (Å²) in [6.07, 6.45) is 1.71. The molecule has 0 fully saturated rings. The summed E-state index contributed by atoms with van der Waals surface area (Å²) >= 11 is 1.46. The Morgan fingerprint density at radius 2 is 2.27 bits per heavy atom. The smallest absolute Gasteiger partial charge is 0.182 e. The third-order valence-electron chi connectivity index (χ3n) is 1.18. The number of fused-ring (bicyclic) bond motifs is 1. The number of thiazole rings is 1. The van der Waals surface area contributed by atoms with Crippen molar-refractivity contribution in [3.8, 4) is 0 Å². The molecule has 0 bridgehead atoms. The van der Waals surface area contributed by atoms with E-state index in [1.54, 1.807) is 6.20 Å². The lowest BCUT2D eigenvalue weighted by Gasteiger charge is -1.79. The summed E-state index contributed by atoms with van der Waals surface area (Å²) in [5.74, 6) is 0. The molecule has 0 aromatic carbocycles. The van der Waals surface area contributed by atoms with Crippen molar-refractivity contribution in [1.82, 2.24) is 9.97 Å². The summed E-state index contributed by atoms with van der Waals surface area (Å²) < 4.78 is 1.04. The molecule has 5 heteroatoms. The van der Waals surface area contributed by atoms with E-state index >= 15 is 0 Å². The van der Waals surface area contributed by atoms with Gasteiger partial charge in [0.25, 0.3) is 0 Å². The Morgan fingerprint density at radius 3 is 3.00 bits per heavy atom. The van der Waals surface area contributed by atoms with Crippen LogP contribution in [0.25, 0.3) is 10.3 Å². The predicted molar refractivity (Wildman–Crippen MR) is 52.1 cm³/mol. The number of nitrogens with zero attached hydrogens (tertiary/aromatic N) is 2. The van der Waals surface area contributed by atoms with Crippen LogP contribution < -0.4 is 5.73 Å². The topological polar surface area (TPSA) is 51.8 Å². The number of pyridine rings is 1. The minimum Gasteiger partial charge on any atom is -0.375 e. The first-order valence-corrected chi connectivity index (χ1v) is 3.65. The van der Waals surface area contributed by atoms with Crippen molar-refractivity contribution in [2.45, 2.75) is 0 Å². The molecule has 0 aliphatic rings. The molecule has 0 spiro atoms. The van der Waals surface area contributed by atoms with Gasteiger partial charge in [0, 0.05) is 6.20 Å². The molecule has 0 radical (unpaired) electrons. The van der Waals surface area contributed by atoms with Crippen LogP contribution in [0.4, 0.5) is 5.13 Å². The van der Waals surface area contributed by atoms with Crippen LogP contribution in [0.1, 0.15) is 0 Å². The van der Waals surface area contributed by atoms with Crippen molar-refractivity contribution in [3.05, 3.63) is 18.3 Å². The summed E-state index contributed by atoms with van der Waals surface area (Å²) in [5.41, 5.74) is 6.20. The van der Waals surface area contributed by atoms with Gasteiger partial charge in [0.05, 0.1) is 4.70 Å². The highest BCUT2D eigenvalue weighted by atomic mass is 79.9. The van der Waals surface area contributed by atoms with Crippen molar-refractivity contribution in [2.75, 3.05) is 5.73 Å². The quantitative estimate of drug-likeness (QED) is 0.754. The van der Waals surface area contributed by atoms with E-state index in [9.17, 15) is 0 Å². The van der Waals surface area contributed by atoms with E-state index in [0.717, 1.165) is 10.3 Å². The van der Waals surface area contributed by atoms with E-state index in [1.165, 1.54) is 11.3 Å². The van der Waals surface area contributed by atoms with Gasteiger partial charge < -0.3 is 5.73 Å². The van der Waals surface area contributed by atoms with E-state index < -0.39 is 0 Å². The molecule has 0 aliphatic carbocycles. The second-order valence-electron chi connectivity index (χ2n) is 1.88. The van der Waals surface area contributed by atoms with Crippen molar-refractivity contribution < 1.29 is 0 Å². The molecule has 0 saturated carbocycles. The average molecular weight is 232 g/mol. The van der Waals surface area contributed by atoms with Crippen molar-refractivity contribution in [1.29, 1.82) is 0 Å². The van der Waals surface area contributed by atoms with Gasteiger partial charge in [0.1, 0.15) is 0 Å². The zero-order valence-electron chi connectivity index (χ0n) is 5.52. The molecule has 0 atom stereocenters. The Labute approximate surface area is 78.0 Å². The lowest BCUT2D eigenvalue weighted by atomic mass is 10.5. The Bertz CT molecular complexity index is 326. The van der Waals surface area contributed by atoms with E-state index in [2.05, 4.69) is 9.97 Å². The van der Waals surface area contributed by atoms with Crippen LogP contribution in [-0.2, 0) is 0 Å². The molecule has 11 heavy (non-hydrogen) atoms. The fourth-order valence-corrected chi connectivity index (χ4v) is 1.48. The molecule has 0 saturated heterocycles.